The van der Waals surface area contributed by atoms with E-state index < -0.39 is 0 Å². The van der Waals surface area contributed by atoms with E-state index in [4.69, 9.17) is 0 Å². The average molecular weight is 357 g/mol. The lowest BCUT2D eigenvalue weighted by molar-refractivity contribution is 0.193. The Labute approximate surface area is 162 Å². The Morgan fingerprint density at radius 2 is 1.70 bits per heavy atom. The summed E-state index contributed by atoms with van der Waals surface area (Å²) in [5.74, 6) is 0. The van der Waals surface area contributed by atoms with Crippen molar-refractivity contribution in [1.82, 2.24) is 10.2 Å². The minimum atomic E-state index is 0.425. The van der Waals surface area contributed by atoms with E-state index in [9.17, 15) is 0 Å². The van der Waals surface area contributed by atoms with E-state index in [2.05, 4.69) is 96.9 Å². The van der Waals surface area contributed by atoms with Crippen LogP contribution in [0.1, 0.15) is 28.3 Å². The molecule has 1 heterocycles. The molecule has 27 heavy (non-hydrogen) atoms. The van der Waals surface area contributed by atoms with E-state index in [1.165, 1.54) is 33.4 Å². The number of aryl methyl sites for hydroxylation is 2. The summed E-state index contributed by atoms with van der Waals surface area (Å²) in [6.07, 6.45) is 0. The van der Waals surface area contributed by atoms with Crippen molar-refractivity contribution in [3.63, 3.8) is 0 Å². The Morgan fingerprint density at radius 3 is 2.48 bits per heavy atom. The highest BCUT2D eigenvalue weighted by Gasteiger charge is 2.20. The van der Waals surface area contributed by atoms with Gasteiger partial charge in [-0.3, -0.25) is 4.90 Å². The molecule has 4 rings (SSSR count). The van der Waals surface area contributed by atoms with Crippen molar-refractivity contribution in [3.8, 4) is 11.1 Å². The maximum absolute atomic E-state index is 3.65. The van der Waals surface area contributed by atoms with Gasteiger partial charge in [-0.2, -0.15) is 0 Å². The predicted octanol–water partition coefficient (Wildman–Crippen LogP) is 5.12. The van der Waals surface area contributed by atoms with Gasteiger partial charge in [0.2, 0.25) is 0 Å². The minimum absolute atomic E-state index is 0.425. The fraction of sp³-hybridized carbons (Fsp3) is 0.280. The zero-order valence-corrected chi connectivity index (χ0v) is 16.3. The highest BCUT2D eigenvalue weighted by atomic mass is 15.2. The maximum atomic E-state index is 3.65. The molecule has 0 spiro atoms. The number of hydrogen-bond acceptors (Lipinski definition) is 2. The quantitative estimate of drug-likeness (QED) is 0.698. The lowest BCUT2D eigenvalue weighted by Crippen LogP contribution is -2.45. The molecule has 138 valence electrons. The second-order valence-corrected chi connectivity index (χ2v) is 7.67. The number of benzene rings is 3. The van der Waals surface area contributed by atoms with Gasteiger partial charge in [0.05, 0.1) is 0 Å². The summed E-state index contributed by atoms with van der Waals surface area (Å²) in [4.78, 5) is 2.56. The van der Waals surface area contributed by atoms with Crippen molar-refractivity contribution in [3.05, 3.63) is 95.1 Å². The van der Waals surface area contributed by atoms with Gasteiger partial charge >= 0.3 is 0 Å². The van der Waals surface area contributed by atoms with Gasteiger partial charge < -0.3 is 5.32 Å². The molecule has 1 unspecified atom stereocenters. The van der Waals surface area contributed by atoms with Crippen LogP contribution in [0.4, 0.5) is 0 Å². The molecule has 0 aromatic heterocycles. The summed E-state index contributed by atoms with van der Waals surface area (Å²) in [6.45, 7) is 8.56. The predicted molar refractivity (Wildman–Crippen MR) is 114 cm³/mol. The summed E-state index contributed by atoms with van der Waals surface area (Å²) in [5, 5.41) is 3.65. The molecule has 1 atom stereocenters. The molecule has 1 aliphatic rings. The Morgan fingerprint density at radius 1 is 0.926 bits per heavy atom. The number of nitrogens with one attached hydrogen (secondary N) is 1. The van der Waals surface area contributed by atoms with Crippen LogP contribution in [0.15, 0.2) is 72.8 Å². The molecule has 1 aliphatic heterocycles. The van der Waals surface area contributed by atoms with E-state index in [1.54, 1.807) is 0 Å². The van der Waals surface area contributed by atoms with Crippen LogP contribution in [0.5, 0.6) is 0 Å². The van der Waals surface area contributed by atoms with E-state index in [-0.39, 0.29) is 0 Å². The highest BCUT2D eigenvalue weighted by Crippen LogP contribution is 2.25. The molecule has 3 aromatic carbocycles. The van der Waals surface area contributed by atoms with Crippen LogP contribution in [-0.4, -0.2) is 24.5 Å². The summed E-state index contributed by atoms with van der Waals surface area (Å²) >= 11 is 0. The van der Waals surface area contributed by atoms with E-state index in [0.29, 0.717) is 6.04 Å². The van der Waals surface area contributed by atoms with Crippen LogP contribution in [0.25, 0.3) is 11.1 Å². The van der Waals surface area contributed by atoms with Crippen LogP contribution in [0.3, 0.4) is 0 Å². The summed E-state index contributed by atoms with van der Waals surface area (Å²) < 4.78 is 0. The fourth-order valence-electron chi connectivity index (χ4n) is 3.96. The van der Waals surface area contributed by atoms with Crippen LogP contribution >= 0.6 is 0 Å². The molecule has 0 aliphatic carbocycles. The van der Waals surface area contributed by atoms with Gasteiger partial charge in [0, 0.05) is 32.2 Å². The van der Waals surface area contributed by atoms with Crippen molar-refractivity contribution in [1.29, 1.82) is 0 Å². The van der Waals surface area contributed by atoms with Gasteiger partial charge in [-0.15, -0.1) is 0 Å². The Kier molecular flexibility index (Phi) is 5.38. The smallest absolute Gasteiger partial charge is 0.0449 e. The molecule has 0 saturated carbocycles. The second kappa shape index (κ2) is 8.08. The van der Waals surface area contributed by atoms with E-state index in [0.717, 1.165) is 26.2 Å². The number of rotatable bonds is 4. The monoisotopic (exact) mass is 356 g/mol. The third kappa shape index (κ3) is 4.29. The maximum Gasteiger partial charge on any atom is 0.0449 e. The van der Waals surface area contributed by atoms with Crippen molar-refractivity contribution in [2.75, 3.05) is 19.6 Å². The molecular weight excluding hydrogens is 328 g/mol. The first kappa shape index (κ1) is 18.0. The summed E-state index contributed by atoms with van der Waals surface area (Å²) in [7, 11) is 0. The number of nitrogens with zero attached hydrogens (tertiary/aromatic N) is 1. The Bertz CT molecular complexity index is 884. The highest BCUT2D eigenvalue weighted by molar-refractivity contribution is 5.68. The van der Waals surface area contributed by atoms with Crippen LogP contribution in [-0.2, 0) is 6.54 Å². The largest absolute Gasteiger partial charge is 0.308 e. The van der Waals surface area contributed by atoms with Crippen LogP contribution < -0.4 is 5.32 Å². The molecule has 1 N–H and O–H groups in total. The third-order valence-electron chi connectivity index (χ3n) is 5.53. The van der Waals surface area contributed by atoms with Gasteiger partial charge in [-0.1, -0.05) is 78.4 Å². The molecule has 1 saturated heterocycles. The van der Waals surface area contributed by atoms with Gasteiger partial charge in [0.25, 0.3) is 0 Å². The first-order chi connectivity index (χ1) is 13.2. The summed E-state index contributed by atoms with van der Waals surface area (Å²) in [5.41, 5.74) is 8.06. The number of hydrogen-bond donors (Lipinski definition) is 1. The first-order valence-electron chi connectivity index (χ1n) is 9.86. The van der Waals surface area contributed by atoms with Crippen molar-refractivity contribution >= 4 is 0 Å². The molecule has 0 amide bonds. The lowest BCUT2D eigenvalue weighted by Gasteiger charge is -2.34. The van der Waals surface area contributed by atoms with Crippen molar-refractivity contribution in [2.24, 2.45) is 0 Å². The van der Waals surface area contributed by atoms with Crippen molar-refractivity contribution < 1.29 is 0 Å². The molecule has 2 heteroatoms. The average Bonchev–Trinajstić information content (AvgIpc) is 2.71. The standard InChI is InChI=1S/C25H28N2/c1-19-8-9-20(2)24(16-19)22-12-10-21(11-13-22)17-27-15-14-26-25(18-27)23-6-4-3-5-7-23/h3-13,16,25-26H,14-15,17-18H2,1-2H3. The van der Waals surface area contributed by atoms with Gasteiger partial charge in [-0.25, -0.2) is 0 Å². The topological polar surface area (TPSA) is 15.3 Å². The first-order valence-corrected chi connectivity index (χ1v) is 9.86. The normalized spacial score (nSPS) is 17.8. The van der Waals surface area contributed by atoms with E-state index >= 15 is 0 Å². The van der Waals surface area contributed by atoms with Crippen LogP contribution in [0.2, 0.25) is 0 Å². The molecule has 2 nitrogen and oxygen atoms in total. The van der Waals surface area contributed by atoms with Crippen molar-refractivity contribution in [2.45, 2.75) is 26.4 Å². The Hall–Kier alpha value is -2.42. The fourth-order valence-corrected chi connectivity index (χ4v) is 3.96. The van der Waals surface area contributed by atoms with Gasteiger partial charge in [-0.05, 0) is 41.7 Å². The second-order valence-electron chi connectivity index (χ2n) is 7.67. The SMILES string of the molecule is Cc1ccc(C)c(-c2ccc(CN3CCNC(c4ccccc4)C3)cc2)c1. The molecule has 0 bridgehead atoms. The minimum Gasteiger partial charge on any atom is -0.308 e. The molecule has 0 radical (unpaired) electrons. The van der Waals surface area contributed by atoms with Gasteiger partial charge in [0.1, 0.15) is 0 Å². The molecule has 1 fully saturated rings. The molecule has 3 aromatic rings. The zero-order valence-electron chi connectivity index (χ0n) is 16.3. The van der Waals surface area contributed by atoms with E-state index in [1.807, 2.05) is 0 Å². The molecular formula is C25H28N2. The van der Waals surface area contributed by atoms with Gasteiger partial charge in [0.15, 0.2) is 0 Å². The third-order valence-corrected chi connectivity index (χ3v) is 5.53. The number of piperazine rings is 1. The zero-order chi connectivity index (χ0) is 18.6. The van der Waals surface area contributed by atoms with Crippen LogP contribution in [0, 0.1) is 13.8 Å². The summed E-state index contributed by atoms with van der Waals surface area (Å²) in [6, 6.07) is 27.0. The lowest BCUT2D eigenvalue weighted by atomic mass is 9.97. The Balaban J connectivity index is 1.44.